The van der Waals surface area contributed by atoms with Crippen molar-refractivity contribution < 1.29 is 14.7 Å². The number of para-hydroxylation sites is 1. The monoisotopic (exact) mass is 288 g/mol. The Kier molecular flexibility index (Phi) is 3.92. The lowest BCUT2D eigenvalue weighted by atomic mass is 10.0. The first-order chi connectivity index (χ1) is 10.2. The number of rotatable bonds is 3. The minimum absolute atomic E-state index is 0.00954. The van der Waals surface area contributed by atoms with Gasteiger partial charge in [0.15, 0.2) is 0 Å². The molecule has 0 aliphatic carbocycles. The topological polar surface area (TPSA) is 60.9 Å². The summed E-state index contributed by atoms with van der Waals surface area (Å²) < 4.78 is 0. The van der Waals surface area contributed by atoms with E-state index in [1.54, 1.807) is 4.90 Å². The number of likely N-dealkylation sites (tertiary alicyclic amines) is 1. The number of aliphatic carboxylic acids is 1. The molecule has 1 amide bonds. The van der Waals surface area contributed by atoms with Gasteiger partial charge in [0.2, 0.25) is 5.91 Å². The van der Waals surface area contributed by atoms with Gasteiger partial charge >= 0.3 is 5.97 Å². The fourth-order valence-corrected chi connectivity index (χ4v) is 3.35. The molecule has 5 nitrogen and oxygen atoms in total. The van der Waals surface area contributed by atoms with Crippen LogP contribution < -0.4 is 4.90 Å². The number of aryl methyl sites for hydroxylation is 1. The van der Waals surface area contributed by atoms with Gasteiger partial charge in [-0.2, -0.15) is 0 Å². The summed E-state index contributed by atoms with van der Waals surface area (Å²) in [5.74, 6) is -0.811. The van der Waals surface area contributed by atoms with Crippen molar-refractivity contribution in [3.8, 4) is 0 Å². The van der Waals surface area contributed by atoms with Crippen LogP contribution in [0, 0.1) is 0 Å². The van der Waals surface area contributed by atoms with Gasteiger partial charge in [-0.15, -0.1) is 0 Å². The van der Waals surface area contributed by atoms with Gasteiger partial charge in [0.25, 0.3) is 0 Å². The molecule has 2 aliphatic rings. The minimum Gasteiger partial charge on any atom is -0.480 e. The normalized spacial score (nSPS) is 22.1. The van der Waals surface area contributed by atoms with Gasteiger partial charge in [-0.05, 0) is 43.9 Å². The van der Waals surface area contributed by atoms with Gasteiger partial charge < -0.3 is 10.0 Å². The number of hydrogen-bond acceptors (Lipinski definition) is 3. The Bertz CT molecular complexity index is 558. The van der Waals surface area contributed by atoms with E-state index in [4.69, 9.17) is 0 Å². The van der Waals surface area contributed by atoms with E-state index in [0.29, 0.717) is 13.0 Å². The fraction of sp³-hybridized carbons (Fsp3) is 0.500. The molecule has 0 saturated carbocycles. The zero-order valence-corrected chi connectivity index (χ0v) is 12.0. The van der Waals surface area contributed by atoms with Crippen molar-refractivity contribution in [3.05, 3.63) is 29.8 Å². The predicted molar refractivity (Wildman–Crippen MR) is 79.3 cm³/mol. The quantitative estimate of drug-likeness (QED) is 0.916. The van der Waals surface area contributed by atoms with Crippen LogP contribution in [0.1, 0.15) is 24.8 Å². The maximum absolute atomic E-state index is 12.6. The Morgan fingerprint density at radius 3 is 2.81 bits per heavy atom. The van der Waals surface area contributed by atoms with Crippen molar-refractivity contribution in [3.63, 3.8) is 0 Å². The number of nitrogens with zero attached hydrogens (tertiary/aromatic N) is 2. The number of fused-ring (bicyclic) bond motifs is 1. The molecule has 0 unspecified atom stereocenters. The highest BCUT2D eigenvalue weighted by atomic mass is 16.4. The Morgan fingerprint density at radius 2 is 2.00 bits per heavy atom. The molecule has 0 bridgehead atoms. The minimum atomic E-state index is -0.820. The first-order valence-electron chi connectivity index (χ1n) is 7.52. The average Bonchev–Trinajstić information content (AvgIpc) is 2.95. The van der Waals surface area contributed by atoms with Gasteiger partial charge in [0.1, 0.15) is 6.04 Å². The summed E-state index contributed by atoms with van der Waals surface area (Å²) in [4.78, 5) is 27.4. The smallest absolute Gasteiger partial charge is 0.320 e. The maximum Gasteiger partial charge on any atom is 0.320 e. The molecule has 0 spiro atoms. The van der Waals surface area contributed by atoms with Crippen molar-refractivity contribution in [1.29, 1.82) is 0 Å². The lowest BCUT2D eigenvalue weighted by Gasteiger charge is -2.31. The third-order valence-electron chi connectivity index (χ3n) is 4.40. The number of carboxylic acid groups (broad SMARTS) is 1. The van der Waals surface area contributed by atoms with Gasteiger partial charge in [-0.25, -0.2) is 0 Å². The van der Waals surface area contributed by atoms with Crippen LogP contribution >= 0.6 is 0 Å². The number of carbonyl (C=O) groups is 2. The first-order valence-corrected chi connectivity index (χ1v) is 7.52. The van der Waals surface area contributed by atoms with Gasteiger partial charge in [-0.1, -0.05) is 18.2 Å². The van der Waals surface area contributed by atoms with Crippen LogP contribution in [0.2, 0.25) is 0 Å². The number of amides is 1. The zero-order chi connectivity index (χ0) is 14.8. The first kappa shape index (κ1) is 14.1. The number of benzene rings is 1. The summed E-state index contributed by atoms with van der Waals surface area (Å²) >= 11 is 0. The second kappa shape index (κ2) is 5.85. The summed E-state index contributed by atoms with van der Waals surface area (Å²) in [7, 11) is 0. The van der Waals surface area contributed by atoms with E-state index in [9.17, 15) is 14.7 Å². The molecular formula is C16H20N2O3. The van der Waals surface area contributed by atoms with Gasteiger partial charge in [-0.3, -0.25) is 14.5 Å². The number of hydrogen-bond donors (Lipinski definition) is 1. The predicted octanol–water partition coefficient (Wildman–Crippen LogP) is 1.51. The van der Waals surface area contributed by atoms with Crippen LogP contribution in [-0.2, 0) is 16.0 Å². The Balaban J connectivity index is 1.73. The van der Waals surface area contributed by atoms with Crippen LogP contribution in [0.4, 0.5) is 5.69 Å². The molecule has 1 aromatic rings. The summed E-state index contributed by atoms with van der Waals surface area (Å²) in [5, 5.41) is 9.20. The van der Waals surface area contributed by atoms with E-state index in [2.05, 4.69) is 6.07 Å². The number of carbonyl (C=O) groups excluding carboxylic acids is 1. The van der Waals surface area contributed by atoms with E-state index < -0.39 is 12.0 Å². The van der Waals surface area contributed by atoms with Crippen molar-refractivity contribution in [2.45, 2.75) is 31.7 Å². The molecule has 112 valence electrons. The van der Waals surface area contributed by atoms with E-state index in [1.807, 2.05) is 23.1 Å². The van der Waals surface area contributed by atoms with Gasteiger partial charge in [0, 0.05) is 12.2 Å². The molecule has 1 fully saturated rings. The maximum atomic E-state index is 12.6. The third kappa shape index (κ3) is 2.78. The van der Waals surface area contributed by atoms with Crippen molar-refractivity contribution >= 4 is 17.6 Å². The Labute approximate surface area is 124 Å². The van der Waals surface area contributed by atoms with E-state index >= 15 is 0 Å². The van der Waals surface area contributed by atoms with Crippen molar-refractivity contribution in [1.82, 2.24) is 4.90 Å². The molecule has 3 rings (SSSR count). The van der Waals surface area contributed by atoms with E-state index in [-0.39, 0.29) is 12.5 Å². The highest BCUT2D eigenvalue weighted by molar-refractivity contribution is 5.96. The zero-order valence-electron chi connectivity index (χ0n) is 12.0. The molecule has 1 aromatic carbocycles. The second-order valence-electron chi connectivity index (χ2n) is 5.74. The molecule has 0 aromatic heterocycles. The molecule has 1 saturated heterocycles. The standard InChI is InChI=1S/C16H20N2O3/c19-15(11-17-9-4-8-14(17)16(20)21)18-10-3-6-12-5-1-2-7-13(12)18/h1-2,5,7,14H,3-4,6,8-11H2,(H,20,21)/t14-/m0/s1. The van der Waals surface area contributed by atoms with Crippen molar-refractivity contribution in [2.75, 3.05) is 24.5 Å². The highest BCUT2D eigenvalue weighted by Crippen LogP contribution is 2.27. The summed E-state index contributed by atoms with van der Waals surface area (Å²) in [6, 6.07) is 7.47. The molecule has 2 aliphatic heterocycles. The van der Waals surface area contributed by atoms with E-state index in [0.717, 1.165) is 31.5 Å². The summed E-state index contributed by atoms with van der Waals surface area (Å²) in [6.45, 7) is 1.62. The molecule has 5 heteroatoms. The lowest BCUT2D eigenvalue weighted by Crippen LogP contribution is -2.46. The SMILES string of the molecule is O=C(O)[C@@H]1CCCN1CC(=O)N1CCCc2ccccc21. The number of carboxylic acids is 1. The summed E-state index contributed by atoms with van der Waals surface area (Å²) in [6.07, 6.45) is 3.45. The molecular weight excluding hydrogens is 268 g/mol. The molecule has 0 radical (unpaired) electrons. The highest BCUT2D eigenvalue weighted by Gasteiger charge is 2.33. The average molecular weight is 288 g/mol. The second-order valence-corrected chi connectivity index (χ2v) is 5.74. The molecule has 1 atom stereocenters. The third-order valence-corrected chi connectivity index (χ3v) is 4.40. The van der Waals surface area contributed by atoms with Crippen LogP contribution in [0.15, 0.2) is 24.3 Å². The molecule has 2 heterocycles. The van der Waals surface area contributed by atoms with Crippen LogP contribution in [0.5, 0.6) is 0 Å². The van der Waals surface area contributed by atoms with Crippen LogP contribution in [-0.4, -0.2) is 47.6 Å². The van der Waals surface area contributed by atoms with E-state index in [1.165, 1.54) is 5.56 Å². The lowest BCUT2D eigenvalue weighted by molar-refractivity contribution is -0.142. The molecule has 1 N–H and O–H groups in total. The van der Waals surface area contributed by atoms with Crippen LogP contribution in [0.3, 0.4) is 0 Å². The Morgan fingerprint density at radius 1 is 1.19 bits per heavy atom. The number of anilines is 1. The van der Waals surface area contributed by atoms with Crippen LogP contribution in [0.25, 0.3) is 0 Å². The largest absolute Gasteiger partial charge is 0.480 e. The van der Waals surface area contributed by atoms with Crippen molar-refractivity contribution in [2.24, 2.45) is 0 Å². The fourth-order valence-electron chi connectivity index (χ4n) is 3.35. The molecule has 21 heavy (non-hydrogen) atoms. The summed E-state index contributed by atoms with van der Waals surface area (Å²) in [5.41, 5.74) is 2.19. The van der Waals surface area contributed by atoms with Gasteiger partial charge in [0.05, 0.1) is 6.54 Å². The Hall–Kier alpha value is -1.88.